The minimum Gasteiger partial charge on any atom is -0.492 e. The highest BCUT2D eigenvalue weighted by Crippen LogP contribution is 2.45. The first kappa shape index (κ1) is 27.7. The zero-order valence-electron chi connectivity index (χ0n) is 20.9. The van der Waals surface area contributed by atoms with E-state index in [4.69, 9.17) is 10.9 Å². The van der Waals surface area contributed by atoms with E-state index in [2.05, 4.69) is 20.6 Å². The maximum absolute atomic E-state index is 14.5. The molecule has 2 aliphatic heterocycles. The predicted octanol–water partition coefficient (Wildman–Crippen LogP) is 6.11. The fourth-order valence-electron chi connectivity index (χ4n) is 5.40. The number of aromatic nitrogens is 2. The number of piperidine rings is 1. The van der Waals surface area contributed by atoms with Gasteiger partial charge in [0.2, 0.25) is 0 Å². The van der Waals surface area contributed by atoms with Crippen molar-refractivity contribution in [1.29, 1.82) is 0 Å². The van der Waals surface area contributed by atoms with Crippen LogP contribution in [0.25, 0.3) is 11.3 Å². The Labute approximate surface area is 252 Å². The van der Waals surface area contributed by atoms with Gasteiger partial charge >= 0.3 is 6.09 Å². The van der Waals surface area contributed by atoms with E-state index in [0.717, 1.165) is 25.0 Å². The molecule has 1 saturated heterocycles. The normalized spacial score (nSPS) is 17.3. The molecule has 4 heterocycles. The number of ether oxygens (including phenoxy) is 1. The summed E-state index contributed by atoms with van der Waals surface area (Å²) in [5.74, 6) is 0.193. The van der Waals surface area contributed by atoms with E-state index in [1.807, 2.05) is 0 Å². The molecule has 0 radical (unpaired) electrons. The molecule has 1 aromatic carbocycles. The summed E-state index contributed by atoms with van der Waals surface area (Å²) in [6, 6.07) is 6.39. The first-order valence-corrected chi connectivity index (χ1v) is 14.1. The molecule has 1 atom stereocenters. The molecular weight excluding hydrogens is 735 g/mol. The SMILES string of the molecule is COc1c(F)cccc1Nc1c(-c2ccncc2OI)[nH]c2c1C(=O)NCC2CC1CCN(C(=O)OI)CC1. The van der Waals surface area contributed by atoms with E-state index < -0.39 is 5.82 Å². The van der Waals surface area contributed by atoms with Crippen LogP contribution in [0.3, 0.4) is 0 Å². The molecule has 3 N–H and O–H groups in total. The minimum absolute atomic E-state index is 0.0142. The Morgan fingerprint density at radius 1 is 1.26 bits per heavy atom. The third kappa shape index (κ3) is 5.60. The summed E-state index contributed by atoms with van der Waals surface area (Å²) in [4.78, 5) is 34.6. The zero-order valence-corrected chi connectivity index (χ0v) is 25.2. The van der Waals surface area contributed by atoms with Gasteiger partial charge in [-0.25, -0.2) is 9.18 Å². The van der Waals surface area contributed by atoms with Crippen LogP contribution in [0.5, 0.6) is 11.5 Å². The molecule has 10 nitrogen and oxygen atoms in total. The Balaban J connectivity index is 1.54. The Morgan fingerprint density at radius 3 is 2.77 bits per heavy atom. The van der Waals surface area contributed by atoms with Gasteiger partial charge in [-0.1, -0.05) is 6.07 Å². The second-order valence-electron chi connectivity index (χ2n) is 9.47. The van der Waals surface area contributed by atoms with Crippen molar-refractivity contribution in [3.8, 4) is 22.8 Å². The van der Waals surface area contributed by atoms with Crippen LogP contribution in [0, 0.1) is 11.7 Å². The molecule has 0 saturated carbocycles. The van der Waals surface area contributed by atoms with Gasteiger partial charge in [0.05, 0.1) is 35.9 Å². The van der Waals surface area contributed by atoms with Gasteiger partial charge in [0.15, 0.2) is 63.3 Å². The lowest BCUT2D eigenvalue weighted by molar-refractivity contribution is 0.0934. The summed E-state index contributed by atoms with van der Waals surface area (Å²) in [6.07, 6.45) is 5.45. The number of nitrogens with zero attached hydrogens (tertiary/aromatic N) is 2. The molecule has 0 aliphatic carbocycles. The van der Waals surface area contributed by atoms with Crippen molar-refractivity contribution in [2.45, 2.75) is 25.2 Å². The number of carbonyl (C=O) groups is 2. The zero-order chi connectivity index (χ0) is 27.5. The monoisotopic (exact) mass is 761 g/mol. The van der Waals surface area contributed by atoms with Crippen LogP contribution < -0.4 is 18.4 Å². The smallest absolute Gasteiger partial charge is 0.419 e. The Morgan fingerprint density at radius 2 is 2.05 bits per heavy atom. The van der Waals surface area contributed by atoms with E-state index >= 15 is 0 Å². The van der Waals surface area contributed by atoms with Gasteiger partial charge in [-0.2, -0.15) is 0 Å². The van der Waals surface area contributed by atoms with E-state index in [-0.39, 0.29) is 23.7 Å². The average molecular weight is 761 g/mol. The van der Waals surface area contributed by atoms with Crippen LogP contribution >= 0.6 is 46.0 Å². The van der Waals surface area contributed by atoms with Crippen molar-refractivity contribution in [3.63, 3.8) is 0 Å². The number of aromatic amines is 1. The molecule has 206 valence electrons. The van der Waals surface area contributed by atoms with Crippen molar-refractivity contribution in [2.75, 3.05) is 32.1 Å². The standard InChI is InChI=1S/C26H26FI2N5O5/c1-37-24-17(27)3-2-4-18(24)32-23-20-21(33-22(23)16-5-8-30-13-19(16)38-28)15(12-31-25(20)35)11-14-6-9-34(10-7-14)26(36)39-29/h2-5,8,13-15,32-33H,6-7,9-12H2,1H3,(H,31,35). The number of carbonyl (C=O) groups excluding carboxylic acids is 2. The van der Waals surface area contributed by atoms with E-state index in [0.29, 0.717) is 59.5 Å². The number of halogens is 3. The number of anilines is 2. The van der Waals surface area contributed by atoms with Gasteiger partial charge in [0, 0.05) is 43.0 Å². The maximum Gasteiger partial charge on any atom is 0.419 e. The van der Waals surface area contributed by atoms with Crippen molar-refractivity contribution >= 4 is 69.4 Å². The highest BCUT2D eigenvalue weighted by atomic mass is 127. The number of rotatable bonds is 7. The molecule has 39 heavy (non-hydrogen) atoms. The summed E-state index contributed by atoms with van der Waals surface area (Å²) >= 11 is 3.41. The minimum atomic E-state index is -0.520. The van der Waals surface area contributed by atoms with Crippen LogP contribution in [0.2, 0.25) is 0 Å². The fraction of sp³-hybridized carbons (Fsp3) is 0.346. The average Bonchev–Trinajstić information content (AvgIpc) is 3.34. The number of pyridine rings is 1. The lowest BCUT2D eigenvalue weighted by Crippen LogP contribution is -2.40. The number of likely N-dealkylation sites (tertiary alicyclic amines) is 1. The van der Waals surface area contributed by atoms with E-state index in [9.17, 15) is 14.0 Å². The van der Waals surface area contributed by atoms with Crippen molar-refractivity contribution in [3.05, 3.63) is 53.7 Å². The number of fused-ring (bicyclic) bond motifs is 1. The number of hydrogen-bond donors (Lipinski definition) is 3. The van der Waals surface area contributed by atoms with Crippen molar-refractivity contribution < 1.29 is 24.8 Å². The first-order valence-electron chi connectivity index (χ1n) is 12.4. The molecule has 0 bridgehead atoms. The maximum atomic E-state index is 14.5. The number of hydrogen-bond acceptors (Lipinski definition) is 7. The number of nitrogens with one attached hydrogen (secondary N) is 3. The largest absolute Gasteiger partial charge is 0.492 e. The number of para-hydroxylation sites is 1. The molecule has 13 heteroatoms. The Hall–Kier alpha value is -2.82. The lowest BCUT2D eigenvalue weighted by Gasteiger charge is -2.33. The lowest BCUT2D eigenvalue weighted by atomic mass is 9.83. The summed E-state index contributed by atoms with van der Waals surface area (Å²) < 4.78 is 30.2. The number of H-pyrrole nitrogens is 1. The molecule has 2 aliphatic rings. The molecule has 1 unspecified atom stereocenters. The van der Waals surface area contributed by atoms with Gasteiger partial charge in [-0.3, -0.25) is 9.78 Å². The third-order valence-corrected chi connectivity index (χ3v) is 8.15. The number of methoxy groups -OCH3 is 1. The molecular formula is C26H26FI2N5O5. The van der Waals surface area contributed by atoms with Crippen LogP contribution in [0.15, 0.2) is 36.7 Å². The number of benzene rings is 1. The third-order valence-electron chi connectivity index (χ3n) is 7.30. The molecule has 2 aromatic heterocycles. The second kappa shape index (κ2) is 12.1. The Bertz CT molecular complexity index is 1380. The van der Waals surface area contributed by atoms with Crippen molar-refractivity contribution in [2.24, 2.45) is 5.92 Å². The van der Waals surface area contributed by atoms with Gasteiger partial charge in [0.1, 0.15) is 0 Å². The van der Waals surface area contributed by atoms with E-state index in [1.54, 1.807) is 81.5 Å². The Kier molecular flexibility index (Phi) is 8.64. The van der Waals surface area contributed by atoms with Gasteiger partial charge in [0.25, 0.3) is 5.91 Å². The van der Waals surface area contributed by atoms with Crippen molar-refractivity contribution in [1.82, 2.24) is 20.2 Å². The highest BCUT2D eigenvalue weighted by molar-refractivity contribution is 14.1. The van der Waals surface area contributed by atoms with Gasteiger partial charge in [-0.15, -0.1) is 0 Å². The van der Waals surface area contributed by atoms with Crippen LogP contribution in [-0.4, -0.2) is 53.6 Å². The summed E-state index contributed by atoms with van der Waals surface area (Å²) in [5.41, 5.74) is 3.48. The second-order valence-corrected chi connectivity index (χ2v) is 10.4. The molecule has 1 fully saturated rings. The molecule has 3 aromatic rings. The quantitative estimate of drug-likeness (QED) is 0.249. The highest BCUT2D eigenvalue weighted by Gasteiger charge is 2.36. The van der Waals surface area contributed by atoms with Gasteiger partial charge in [-0.05, 0) is 43.4 Å². The summed E-state index contributed by atoms with van der Waals surface area (Å²) in [6.45, 7) is 1.75. The number of amides is 2. The first-order chi connectivity index (χ1) is 18.9. The van der Waals surface area contributed by atoms with E-state index in [1.165, 1.54) is 13.2 Å². The van der Waals surface area contributed by atoms with Crippen LogP contribution in [0.4, 0.5) is 20.6 Å². The molecule has 0 spiro atoms. The topological polar surface area (TPSA) is 118 Å². The molecule has 5 rings (SSSR count). The van der Waals surface area contributed by atoms with Crippen LogP contribution in [0.1, 0.15) is 41.2 Å². The predicted molar refractivity (Wildman–Crippen MR) is 159 cm³/mol. The summed E-state index contributed by atoms with van der Waals surface area (Å²) in [5, 5.41) is 6.31. The fourth-order valence-corrected chi connectivity index (χ4v) is 6.03. The van der Waals surface area contributed by atoms with Crippen LogP contribution in [-0.2, 0) is 3.07 Å². The summed E-state index contributed by atoms with van der Waals surface area (Å²) in [7, 11) is 1.40. The van der Waals surface area contributed by atoms with Gasteiger partial charge < -0.3 is 31.4 Å². The molecule has 2 amide bonds.